The molecule has 3 nitrogen and oxygen atoms in total. The van der Waals surface area contributed by atoms with Gasteiger partial charge in [-0.2, -0.15) is 0 Å². The van der Waals surface area contributed by atoms with Gasteiger partial charge in [-0.25, -0.2) is 0 Å². The van der Waals surface area contributed by atoms with Crippen LogP contribution in [0.25, 0.3) is 0 Å². The molecule has 0 aromatic heterocycles. The summed E-state index contributed by atoms with van der Waals surface area (Å²) in [7, 11) is 1.81. The number of nitrogens with zero attached hydrogens (tertiary/aromatic N) is 1. The highest BCUT2D eigenvalue weighted by atomic mass is 16.2. The van der Waals surface area contributed by atoms with Crippen molar-refractivity contribution in [1.29, 1.82) is 0 Å². The fourth-order valence-electron chi connectivity index (χ4n) is 1.84. The van der Waals surface area contributed by atoms with Gasteiger partial charge in [-0.15, -0.1) is 0 Å². The van der Waals surface area contributed by atoms with Crippen molar-refractivity contribution < 1.29 is 4.79 Å². The Kier molecular flexibility index (Phi) is 5.12. The van der Waals surface area contributed by atoms with E-state index in [2.05, 4.69) is 31.2 Å². The summed E-state index contributed by atoms with van der Waals surface area (Å²) >= 11 is 0. The zero-order chi connectivity index (χ0) is 14.6. The minimum Gasteiger partial charge on any atom is -0.340 e. The smallest absolute Gasteiger partial charge is 0.240 e. The first-order valence-electron chi connectivity index (χ1n) is 6.84. The van der Waals surface area contributed by atoms with E-state index in [-0.39, 0.29) is 11.3 Å². The Morgan fingerprint density at radius 3 is 2.11 bits per heavy atom. The fourth-order valence-corrected chi connectivity index (χ4v) is 1.84. The first-order chi connectivity index (χ1) is 8.75. The van der Waals surface area contributed by atoms with Crippen LogP contribution in [0.2, 0.25) is 0 Å². The Balaban J connectivity index is 2.68. The van der Waals surface area contributed by atoms with Crippen molar-refractivity contribution in [2.75, 3.05) is 7.05 Å². The summed E-state index contributed by atoms with van der Waals surface area (Å²) in [5.74, 6) is -0.00734. The largest absolute Gasteiger partial charge is 0.340 e. The molecule has 0 aliphatic heterocycles. The number of hydrogen-bond acceptors (Lipinski definition) is 2. The van der Waals surface area contributed by atoms with Crippen molar-refractivity contribution >= 4 is 5.91 Å². The van der Waals surface area contributed by atoms with Gasteiger partial charge in [-0.1, -0.05) is 52.0 Å². The summed E-state index contributed by atoms with van der Waals surface area (Å²) in [6, 6.07) is 7.90. The number of rotatable bonds is 4. The molecule has 1 amide bonds. The summed E-state index contributed by atoms with van der Waals surface area (Å²) in [5.41, 5.74) is 8.24. The highest BCUT2D eigenvalue weighted by molar-refractivity contribution is 5.82. The Labute approximate surface area is 116 Å². The number of amides is 1. The Morgan fingerprint density at radius 2 is 1.68 bits per heavy atom. The molecular weight excluding hydrogens is 236 g/mol. The number of carbonyl (C=O) groups excluding carboxylic acids is 1. The van der Waals surface area contributed by atoms with Gasteiger partial charge in [0.15, 0.2) is 0 Å². The van der Waals surface area contributed by atoms with E-state index in [1.54, 1.807) is 4.90 Å². The molecule has 0 aliphatic rings. The van der Waals surface area contributed by atoms with Crippen molar-refractivity contribution in [1.82, 2.24) is 4.90 Å². The van der Waals surface area contributed by atoms with Crippen molar-refractivity contribution in [2.24, 2.45) is 11.1 Å². The minimum atomic E-state index is -0.465. The van der Waals surface area contributed by atoms with Crippen LogP contribution in [-0.2, 0) is 17.8 Å². The summed E-state index contributed by atoms with van der Waals surface area (Å²) < 4.78 is 0. The van der Waals surface area contributed by atoms with Gasteiger partial charge < -0.3 is 10.6 Å². The van der Waals surface area contributed by atoms with E-state index in [1.807, 2.05) is 27.8 Å². The summed E-state index contributed by atoms with van der Waals surface area (Å²) in [5, 5.41) is 0. The average molecular weight is 262 g/mol. The van der Waals surface area contributed by atoms with Crippen LogP contribution in [0.3, 0.4) is 0 Å². The Morgan fingerprint density at radius 1 is 1.21 bits per heavy atom. The van der Waals surface area contributed by atoms with E-state index in [4.69, 9.17) is 5.73 Å². The van der Waals surface area contributed by atoms with Gasteiger partial charge in [-0.3, -0.25) is 4.79 Å². The zero-order valence-electron chi connectivity index (χ0n) is 12.7. The minimum absolute atomic E-state index is 0.00734. The van der Waals surface area contributed by atoms with Crippen LogP contribution in [-0.4, -0.2) is 23.9 Å². The molecule has 0 unspecified atom stereocenters. The van der Waals surface area contributed by atoms with E-state index in [9.17, 15) is 4.79 Å². The summed E-state index contributed by atoms with van der Waals surface area (Å²) in [6.07, 6.45) is 1.03. The van der Waals surface area contributed by atoms with E-state index in [0.29, 0.717) is 6.54 Å². The summed E-state index contributed by atoms with van der Waals surface area (Å²) in [4.78, 5) is 13.9. The molecule has 0 aliphatic carbocycles. The molecule has 3 heteroatoms. The van der Waals surface area contributed by atoms with Crippen molar-refractivity contribution in [3.63, 3.8) is 0 Å². The van der Waals surface area contributed by atoms with Crippen molar-refractivity contribution in [3.8, 4) is 0 Å². The molecule has 1 aromatic carbocycles. The average Bonchev–Trinajstić information content (AvgIpc) is 2.36. The lowest BCUT2D eigenvalue weighted by Crippen LogP contribution is -2.48. The van der Waals surface area contributed by atoms with Crippen LogP contribution in [0.15, 0.2) is 24.3 Å². The molecule has 1 atom stereocenters. The third-order valence-electron chi connectivity index (χ3n) is 3.43. The first-order valence-corrected chi connectivity index (χ1v) is 6.84. The number of likely N-dealkylation sites (N-methyl/N-ethyl adjacent to an activating group) is 1. The molecular formula is C16H26N2O. The topological polar surface area (TPSA) is 46.3 Å². The SMILES string of the molecule is CCc1ccc(CN(C)C(=O)[C@@H](N)C(C)(C)C)cc1. The van der Waals surface area contributed by atoms with Crippen LogP contribution >= 0.6 is 0 Å². The monoisotopic (exact) mass is 262 g/mol. The van der Waals surface area contributed by atoms with Gasteiger partial charge >= 0.3 is 0 Å². The number of hydrogen-bond donors (Lipinski definition) is 1. The molecule has 106 valence electrons. The van der Waals surface area contributed by atoms with Crippen molar-refractivity contribution in [3.05, 3.63) is 35.4 Å². The highest BCUT2D eigenvalue weighted by Crippen LogP contribution is 2.19. The third-order valence-corrected chi connectivity index (χ3v) is 3.43. The van der Waals surface area contributed by atoms with Gasteiger partial charge in [-0.05, 0) is 23.0 Å². The van der Waals surface area contributed by atoms with Gasteiger partial charge in [0.25, 0.3) is 0 Å². The van der Waals surface area contributed by atoms with Crippen LogP contribution in [0.4, 0.5) is 0 Å². The molecule has 0 radical (unpaired) electrons. The van der Waals surface area contributed by atoms with Gasteiger partial charge in [0.1, 0.15) is 0 Å². The van der Waals surface area contributed by atoms with E-state index in [0.717, 1.165) is 12.0 Å². The molecule has 0 spiro atoms. The molecule has 0 saturated heterocycles. The second kappa shape index (κ2) is 6.20. The normalized spacial score (nSPS) is 13.2. The van der Waals surface area contributed by atoms with Crippen LogP contribution < -0.4 is 5.73 Å². The van der Waals surface area contributed by atoms with Crippen LogP contribution in [0.1, 0.15) is 38.8 Å². The number of nitrogens with two attached hydrogens (primary N) is 1. The molecule has 19 heavy (non-hydrogen) atoms. The van der Waals surface area contributed by atoms with E-state index >= 15 is 0 Å². The standard InChI is InChI=1S/C16H26N2O/c1-6-12-7-9-13(10-8-12)11-18(5)15(19)14(17)16(2,3)4/h7-10,14H,6,11,17H2,1-5H3/t14-/m1/s1. The zero-order valence-corrected chi connectivity index (χ0v) is 12.7. The molecule has 0 bridgehead atoms. The molecule has 0 fully saturated rings. The molecule has 0 saturated carbocycles. The first kappa shape index (κ1) is 15.7. The second-order valence-corrected chi connectivity index (χ2v) is 6.21. The maximum Gasteiger partial charge on any atom is 0.240 e. The van der Waals surface area contributed by atoms with Gasteiger partial charge in [0, 0.05) is 13.6 Å². The molecule has 2 N–H and O–H groups in total. The predicted octanol–water partition coefficient (Wildman–Crippen LogP) is 2.58. The Hall–Kier alpha value is -1.35. The lowest BCUT2D eigenvalue weighted by molar-refractivity contribution is -0.134. The van der Waals surface area contributed by atoms with Crippen molar-refractivity contribution in [2.45, 2.75) is 46.7 Å². The van der Waals surface area contributed by atoms with Crippen LogP contribution in [0, 0.1) is 5.41 Å². The quantitative estimate of drug-likeness (QED) is 0.906. The third kappa shape index (κ3) is 4.35. The second-order valence-electron chi connectivity index (χ2n) is 6.21. The molecule has 1 aromatic rings. The van der Waals surface area contributed by atoms with E-state index in [1.165, 1.54) is 5.56 Å². The Bertz CT molecular complexity index is 417. The van der Waals surface area contributed by atoms with E-state index < -0.39 is 6.04 Å². The number of benzene rings is 1. The lowest BCUT2D eigenvalue weighted by Gasteiger charge is -2.30. The summed E-state index contributed by atoms with van der Waals surface area (Å²) in [6.45, 7) is 8.69. The van der Waals surface area contributed by atoms with Gasteiger partial charge in [0.05, 0.1) is 6.04 Å². The highest BCUT2D eigenvalue weighted by Gasteiger charge is 2.29. The number of aryl methyl sites for hydroxylation is 1. The van der Waals surface area contributed by atoms with Crippen LogP contribution in [0.5, 0.6) is 0 Å². The maximum absolute atomic E-state index is 12.2. The van der Waals surface area contributed by atoms with Gasteiger partial charge in [0.2, 0.25) is 5.91 Å². The maximum atomic E-state index is 12.2. The lowest BCUT2D eigenvalue weighted by atomic mass is 9.86. The predicted molar refractivity (Wildman–Crippen MR) is 79.7 cm³/mol. The molecule has 0 heterocycles. The molecule has 1 rings (SSSR count). The fraction of sp³-hybridized carbons (Fsp3) is 0.562. The number of carbonyl (C=O) groups is 1.